The third-order valence-corrected chi connectivity index (χ3v) is 5.35. The van der Waals surface area contributed by atoms with E-state index in [1.165, 1.54) is 37.0 Å². The predicted octanol–water partition coefficient (Wildman–Crippen LogP) is 2.14. The van der Waals surface area contributed by atoms with Crippen LogP contribution in [0.3, 0.4) is 0 Å². The van der Waals surface area contributed by atoms with E-state index in [2.05, 4.69) is 31.0 Å². The number of likely N-dealkylation sites (N-methyl/N-ethyl adjacent to an activating group) is 1. The molecule has 2 heterocycles. The molecule has 2 amide bonds. The van der Waals surface area contributed by atoms with E-state index in [0.29, 0.717) is 17.8 Å². The molecule has 3 N–H and O–H groups in total. The summed E-state index contributed by atoms with van der Waals surface area (Å²) in [6.07, 6.45) is 4.83. The highest BCUT2D eigenvalue weighted by Crippen LogP contribution is 2.26. The lowest BCUT2D eigenvalue weighted by atomic mass is 9.99. The molecule has 1 aliphatic rings. The predicted molar refractivity (Wildman–Crippen MR) is 122 cm³/mol. The lowest BCUT2D eigenvalue weighted by Crippen LogP contribution is -2.46. The number of amides is 2. The van der Waals surface area contributed by atoms with Gasteiger partial charge in [-0.3, -0.25) is 15.0 Å². The molecule has 0 saturated carbocycles. The monoisotopic (exact) mass is 449 g/mol. The molecule has 0 saturated heterocycles. The Morgan fingerprint density at radius 1 is 1.06 bits per heavy atom. The van der Waals surface area contributed by atoms with Gasteiger partial charge in [0.05, 0.1) is 16.9 Å². The van der Waals surface area contributed by atoms with Gasteiger partial charge in [0.25, 0.3) is 11.8 Å². The van der Waals surface area contributed by atoms with Crippen molar-refractivity contribution < 1.29 is 14.0 Å². The highest BCUT2D eigenvalue weighted by molar-refractivity contribution is 5.96. The number of benzene rings is 2. The minimum Gasteiger partial charge on any atom is -0.355 e. The first kappa shape index (κ1) is 22.2. The summed E-state index contributed by atoms with van der Waals surface area (Å²) < 4.78 is 15.0. The molecule has 1 aromatic heterocycles. The van der Waals surface area contributed by atoms with Crippen LogP contribution in [-0.2, 0) is 13.0 Å². The number of carbonyl (C=O) groups excluding carboxylic acids is 2. The maximum absolute atomic E-state index is 15.0. The number of anilines is 2. The molecule has 3 aromatic rings. The van der Waals surface area contributed by atoms with Crippen LogP contribution >= 0.6 is 0 Å². The van der Waals surface area contributed by atoms with Crippen molar-refractivity contribution in [3.05, 3.63) is 83.2 Å². The molecule has 0 bridgehead atoms. The Hall–Kier alpha value is -4.05. The lowest BCUT2D eigenvalue weighted by Gasteiger charge is -2.29. The molecule has 0 fully saturated rings. The van der Waals surface area contributed by atoms with Crippen LogP contribution in [0.25, 0.3) is 0 Å². The van der Waals surface area contributed by atoms with Crippen LogP contribution < -0.4 is 21.3 Å². The zero-order valence-corrected chi connectivity index (χ0v) is 18.3. The number of nitrogens with zero attached hydrogens (tertiary/aromatic N) is 4. The van der Waals surface area contributed by atoms with Gasteiger partial charge in [0, 0.05) is 38.1 Å². The Morgan fingerprint density at radius 2 is 1.85 bits per heavy atom. The van der Waals surface area contributed by atoms with Crippen LogP contribution in [0.15, 0.2) is 55.1 Å². The fraction of sp³-hybridized carbons (Fsp3) is 0.217. The Balaban J connectivity index is 1.68. The van der Waals surface area contributed by atoms with E-state index in [0.717, 1.165) is 24.1 Å². The van der Waals surface area contributed by atoms with Crippen LogP contribution in [0, 0.1) is 5.82 Å². The van der Waals surface area contributed by atoms with E-state index < -0.39 is 11.7 Å². The minimum atomic E-state index is -0.508. The van der Waals surface area contributed by atoms with Crippen molar-refractivity contribution in [3.63, 3.8) is 0 Å². The standard InChI is InChI=1S/C23H24FN7O2/c1-25-22(32)16-4-3-5-19(8-16)31(29-23(33)18-11-26-14-27-12-18)28-21-10-17-13-30(2)7-6-15(17)9-20(21)24/h3-5,8-12,14,28H,6-7,13H2,1-2H3,(H,25,32)(H,29,33). The summed E-state index contributed by atoms with van der Waals surface area (Å²) in [4.78, 5) is 34.8. The van der Waals surface area contributed by atoms with E-state index in [-0.39, 0.29) is 17.2 Å². The molecule has 1 aliphatic heterocycles. The molecule has 9 nitrogen and oxygen atoms in total. The topological polar surface area (TPSA) is 102 Å². The van der Waals surface area contributed by atoms with Gasteiger partial charge in [-0.2, -0.15) is 5.12 Å². The molecule has 0 atom stereocenters. The van der Waals surface area contributed by atoms with Gasteiger partial charge < -0.3 is 10.2 Å². The summed E-state index contributed by atoms with van der Waals surface area (Å²) in [7, 11) is 3.54. The maximum Gasteiger partial charge on any atom is 0.274 e. The summed E-state index contributed by atoms with van der Waals surface area (Å²) in [6.45, 7) is 1.57. The van der Waals surface area contributed by atoms with E-state index in [1.807, 2.05) is 7.05 Å². The van der Waals surface area contributed by atoms with Gasteiger partial charge in [-0.05, 0) is 54.9 Å². The third-order valence-electron chi connectivity index (χ3n) is 5.35. The molecule has 10 heteroatoms. The first-order chi connectivity index (χ1) is 15.9. The fourth-order valence-electron chi connectivity index (χ4n) is 3.60. The molecule has 0 aliphatic carbocycles. The summed E-state index contributed by atoms with van der Waals surface area (Å²) in [5, 5.41) is 3.84. The quantitative estimate of drug-likeness (QED) is 0.496. The van der Waals surface area contributed by atoms with Crippen molar-refractivity contribution in [1.29, 1.82) is 0 Å². The average molecular weight is 449 g/mol. The SMILES string of the molecule is CNC(=O)c1cccc(N(NC(=O)c2cncnc2)Nc2cc3c(cc2F)CCN(C)C3)c1. The molecule has 33 heavy (non-hydrogen) atoms. The van der Waals surface area contributed by atoms with Crippen molar-refractivity contribution >= 4 is 23.2 Å². The zero-order chi connectivity index (χ0) is 23.4. The van der Waals surface area contributed by atoms with E-state index in [9.17, 15) is 14.0 Å². The Bertz CT molecular complexity index is 1170. The summed E-state index contributed by atoms with van der Waals surface area (Å²) in [5.41, 5.74) is 8.84. The van der Waals surface area contributed by atoms with Crippen LogP contribution in [0.2, 0.25) is 0 Å². The fourth-order valence-corrected chi connectivity index (χ4v) is 3.60. The largest absolute Gasteiger partial charge is 0.355 e. The third kappa shape index (κ3) is 5.07. The van der Waals surface area contributed by atoms with Crippen molar-refractivity contribution in [2.45, 2.75) is 13.0 Å². The second kappa shape index (κ2) is 9.61. The molecule has 170 valence electrons. The van der Waals surface area contributed by atoms with Gasteiger partial charge in [0.2, 0.25) is 0 Å². The Morgan fingerprint density at radius 3 is 2.61 bits per heavy atom. The van der Waals surface area contributed by atoms with E-state index >= 15 is 0 Å². The molecular formula is C23H24FN7O2. The summed E-state index contributed by atoms with van der Waals surface area (Å²) >= 11 is 0. The van der Waals surface area contributed by atoms with Gasteiger partial charge in [-0.1, -0.05) is 6.07 Å². The first-order valence-electron chi connectivity index (χ1n) is 10.4. The number of hydrogen-bond donors (Lipinski definition) is 3. The highest BCUT2D eigenvalue weighted by atomic mass is 19.1. The van der Waals surface area contributed by atoms with Crippen LogP contribution in [0.4, 0.5) is 15.8 Å². The van der Waals surface area contributed by atoms with Gasteiger partial charge >= 0.3 is 0 Å². The number of fused-ring (bicyclic) bond motifs is 1. The van der Waals surface area contributed by atoms with Gasteiger partial charge in [0.1, 0.15) is 12.1 Å². The van der Waals surface area contributed by atoms with E-state index in [4.69, 9.17) is 0 Å². The number of halogens is 1. The number of hydrogen-bond acceptors (Lipinski definition) is 7. The summed E-state index contributed by atoms with van der Waals surface area (Å²) in [6, 6.07) is 9.85. The van der Waals surface area contributed by atoms with E-state index in [1.54, 1.807) is 30.3 Å². The molecular weight excluding hydrogens is 425 g/mol. The van der Waals surface area contributed by atoms with Crippen molar-refractivity contribution in [2.24, 2.45) is 0 Å². The molecule has 0 radical (unpaired) electrons. The number of carbonyl (C=O) groups is 2. The molecule has 0 spiro atoms. The molecule has 0 unspecified atom stereocenters. The molecule has 2 aromatic carbocycles. The second-order valence-electron chi connectivity index (χ2n) is 7.73. The number of aromatic nitrogens is 2. The van der Waals surface area contributed by atoms with Crippen LogP contribution in [-0.4, -0.2) is 47.3 Å². The first-order valence-corrected chi connectivity index (χ1v) is 10.4. The van der Waals surface area contributed by atoms with Crippen LogP contribution in [0.1, 0.15) is 31.8 Å². The van der Waals surface area contributed by atoms with Gasteiger partial charge in [-0.15, -0.1) is 0 Å². The van der Waals surface area contributed by atoms with Crippen molar-refractivity contribution in [1.82, 2.24) is 25.6 Å². The minimum absolute atomic E-state index is 0.194. The van der Waals surface area contributed by atoms with Gasteiger partial charge in [0.15, 0.2) is 0 Å². The van der Waals surface area contributed by atoms with Crippen molar-refractivity contribution in [3.8, 4) is 0 Å². The zero-order valence-electron chi connectivity index (χ0n) is 18.3. The number of nitrogens with one attached hydrogen (secondary N) is 3. The lowest BCUT2D eigenvalue weighted by molar-refractivity contribution is 0.0948. The average Bonchev–Trinajstić information content (AvgIpc) is 2.84. The highest BCUT2D eigenvalue weighted by Gasteiger charge is 2.20. The number of hydrazine groups is 2. The Kier molecular flexibility index (Phi) is 6.45. The number of rotatable bonds is 6. The second-order valence-corrected chi connectivity index (χ2v) is 7.73. The maximum atomic E-state index is 15.0. The van der Waals surface area contributed by atoms with Gasteiger partial charge in [-0.25, -0.2) is 19.8 Å². The Labute approximate surface area is 190 Å². The normalized spacial score (nSPS) is 13.1. The van der Waals surface area contributed by atoms with Crippen molar-refractivity contribution in [2.75, 3.05) is 31.2 Å². The smallest absolute Gasteiger partial charge is 0.274 e. The molecule has 4 rings (SSSR count). The summed E-state index contributed by atoms with van der Waals surface area (Å²) in [5.74, 6) is -1.24. The van der Waals surface area contributed by atoms with Crippen LogP contribution in [0.5, 0.6) is 0 Å².